The van der Waals surface area contributed by atoms with Crippen molar-refractivity contribution in [3.8, 4) is 0 Å². The normalized spacial score (nSPS) is 10.8. The summed E-state index contributed by atoms with van der Waals surface area (Å²) in [4.78, 5) is 16.1. The number of aromatic nitrogens is 4. The minimum Gasteiger partial charge on any atom is -0.292 e. The van der Waals surface area contributed by atoms with Gasteiger partial charge in [0, 0.05) is 30.8 Å². The Labute approximate surface area is 110 Å². The molecular formula is C12H15ClN4O. The molecule has 0 aliphatic carbocycles. The van der Waals surface area contributed by atoms with Gasteiger partial charge in [0.25, 0.3) is 5.56 Å². The largest absolute Gasteiger partial charge is 0.292 e. The lowest BCUT2D eigenvalue weighted by atomic mass is 10.3. The molecule has 2 aromatic heterocycles. The zero-order valence-corrected chi connectivity index (χ0v) is 11.2. The van der Waals surface area contributed by atoms with E-state index in [2.05, 4.69) is 10.1 Å². The average molecular weight is 267 g/mol. The SMILES string of the molecule is CCc1nc(Cl)cc(=O)n1Cc1cnn(CC)c1. The fourth-order valence-corrected chi connectivity index (χ4v) is 2.00. The second-order valence-electron chi connectivity index (χ2n) is 3.98. The minimum atomic E-state index is -0.129. The minimum absolute atomic E-state index is 0.129. The molecule has 0 fully saturated rings. The third-order valence-corrected chi connectivity index (χ3v) is 2.92. The molecule has 0 atom stereocenters. The van der Waals surface area contributed by atoms with Crippen molar-refractivity contribution < 1.29 is 0 Å². The van der Waals surface area contributed by atoms with E-state index >= 15 is 0 Å². The molecule has 0 aromatic carbocycles. The molecule has 0 unspecified atom stereocenters. The third-order valence-electron chi connectivity index (χ3n) is 2.72. The molecule has 0 aliphatic rings. The Morgan fingerprint density at radius 2 is 2.17 bits per heavy atom. The summed E-state index contributed by atoms with van der Waals surface area (Å²) in [5, 5.41) is 4.44. The summed E-state index contributed by atoms with van der Waals surface area (Å²) in [6, 6.07) is 1.34. The molecule has 0 aliphatic heterocycles. The summed E-state index contributed by atoms with van der Waals surface area (Å²) in [7, 11) is 0. The summed E-state index contributed by atoms with van der Waals surface area (Å²) in [6.07, 6.45) is 4.36. The van der Waals surface area contributed by atoms with Crippen molar-refractivity contribution in [2.45, 2.75) is 33.4 Å². The van der Waals surface area contributed by atoms with E-state index in [0.29, 0.717) is 18.8 Å². The second-order valence-corrected chi connectivity index (χ2v) is 4.36. The van der Waals surface area contributed by atoms with Crippen LogP contribution in [-0.4, -0.2) is 19.3 Å². The Hall–Kier alpha value is -1.62. The molecular weight excluding hydrogens is 252 g/mol. The summed E-state index contributed by atoms with van der Waals surface area (Å²) in [6.45, 7) is 5.26. The van der Waals surface area contributed by atoms with Crippen LogP contribution in [0.1, 0.15) is 25.2 Å². The van der Waals surface area contributed by atoms with Crippen molar-refractivity contribution in [3.05, 3.63) is 45.4 Å². The highest BCUT2D eigenvalue weighted by Crippen LogP contribution is 2.06. The molecule has 2 rings (SSSR count). The molecule has 18 heavy (non-hydrogen) atoms. The van der Waals surface area contributed by atoms with E-state index < -0.39 is 0 Å². The molecule has 0 amide bonds. The Bertz CT molecular complexity index is 602. The molecule has 0 saturated carbocycles. The Kier molecular flexibility index (Phi) is 3.81. The molecule has 0 spiro atoms. The zero-order chi connectivity index (χ0) is 13.1. The summed E-state index contributed by atoms with van der Waals surface area (Å²) in [5.74, 6) is 0.691. The number of halogens is 1. The highest BCUT2D eigenvalue weighted by Gasteiger charge is 2.08. The molecule has 5 nitrogen and oxygen atoms in total. The first-order valence-corrected chi connectivity index (χ1v) is 6.29. The van der Waals surface area contributed by atoms with Crippen LogP contribution in [0, 0.1) is 0 Å². The maximum atomic E-state index is 11.9. The van der Waals surface area contributed by atoms with E-state index in [4.69, 9.17) is 11.6 Å². The van der Waals surface area contributed by atoms with Gasteiger partial charge in [0.1, 0.15) is 11.0 Å². The van der Waals surface area contributed by atoms with Gasteiger partial charge in [-0.05, 0) is 6.92 Å². The van der Waals surface area contributed by atoms with Crippen molar-refractivity contribution in [3.63, 3.8) is 0 Å². The predicted octanol–water partition coefficient (Wildman–Crippen LogP) is 1.72. The highest BCUT2D eigenvalue weighted by atomic mass is 35.5. The summed E-state index contributed by atoms with van der Waals surface area (Å²) in [5.41, 5.74) is 0.855. The number of rotatable bonds is 4. The van der Waals surface area contributed by atoms with Crippen molar-refractivity contribution in [1.29, 1.82) is 0 Å². The van der Waals surface area contributed by atoms with Crippen molar-refractivity contribution in [2.75, 3.05) is 0 Å². The van der Waals surface area contributed by atoms with Crippen LogP contribution in [-0.2, 0) is 19.5 Å². The molecule has 6 heteroatoms. The van der Waals surface area contributed by atoms with Crippen molar-refractivity contribution >= 4 is 11.6 Å². The van der Waals surface area contributed by atoms with Crippen LogP contribution in [0.4, 0.5) is 0 Å². The zero-order valence-electron chi connectivity index (χ0n) is 10.4. The van der Waals surface area contributed by atoms with E-state index in [1.54, 1.807) is 10.8 Å². The quantitative estimate of drug-likeness (QED) is 0.792. The van der Waals surface area contributed by atoms with Crippen LogP contribution in [0.2, 0.25) is 5.15 Å². The maximum Gasteiger partial charge on any atom is 0.255 e. The standard InChI is InChI=1S/C12H15ClN4O/c1-3-11-15-10(13)5-12(18)17(11)8-9-6-14-16(4-2)7-9/h5-7H,3-4,8H2,1-2H3. The fourth-order valence-electron chi connectivity index (χ4n) is 1.81. The van der Waals surface area contributed by atoms with Gasteiger partial charge in [-0.2, -0.15) is 5.10 Å². The lowest BCUT2D eigenvalue weighted by molar-refractivity contribution is 0.653. The molecule has 2 heterocycles. The molecule has 0 radical (unpaired) electrons. The van der Waals surface area contributed by atoms with Gasteiger partial charge in [-0.1, -0.05) is 18.5 Å². The molecule has 0 bridgehead atoms. The van der Waals surface area contributed by atoms with E-state index in [9.17, 15) is 4.79 Å². The lowest BCUT2D eigenvalue weighted by Crippen LogP contribution is -2.24. The highest BCUT2D eigenvalue weighted by molar-refractivity contribution is 6.29. The van der Waals surface area contributed by atoms with E-state index in [1.807, 2.05) is 24.7 Å². The first-order chi connectivity index (χ1) is 8.63. The Morgan fingerprint density at radius 3 is 2.78 bits per heavy atom. The van der Waals surface area contributed by atoms with Gasteiger partial charge in [-0.15, -0.1) is 0 Å². The third kappa shape index (κ3) is 2.61. The van der Waals surface area contributed by atoms with Crippen molar-refractivity contribution in [2.24, 2.45) is 0 Å². The van der Waals surface area contributed by atoms with E-state index in [1.165, 1.54) is 6.07 Å². The van der Waals surface area contributed by atoms with Gasteiger partial charge < -0.3 is 0 Å². The van der Waals surface area contributed by atoms with Gasteiger partial charge in [-0.25, -0.2) is 4.98 Å². The van der Waals surface area contributed by atoms with Crippen LogP contribution in [0.25, 0.3) is 0 Å². The van der Waals surface area contributed by atoms with Gasteiger partial charge in [0.15, 0.2) is 0 Å². The molecule has 2 aromatic rings. The van der Waals surface area contributed by atoms with E-state index in [0.717, 1.165) is 12.1 Å². The molecule has 0 saturated heterocycles. The first-order valence-electron chi connectivity index (χ1n) is 5.91. The van der Waals surface area contributed by atoms with E-state index in [-0.39, 0.29) is 10.7 Å². The smallest absolute Gasteiger partial charge is 0.255 e. The van der Waals surface area contributed by atoms with Crippen LogP contribution in [0.5, 0.6) is 0 Å². The molecule has 96 valence electrons. The number of aryl methyl sites for hydroxylation is 2. The second kappa shape index (κ2) is 5.35. The van der Waals surface area contributed by atoms with Crippen LogP contribution >= 0.6 is 11.6 Å². The lowest BCUT2D eigenvalue weighted by Gasteiger charge is -2.09. The van der Waals surface area contributed by atoms with Gasteiger partial charge in [0.2, 0.25) is 0 Å². The summed E-state index contributed by atoms with van der Waals surface area (Å²) >= 11 is 5.79. The topological polar surface area (TPSA) is 52.7 Å². The maximum absolute atomic E-state index is 11.9. The number of nitrogens with zero attached hydrogens (tertiary/aromatic N) is 4. The monoisotopic (exact) mass is 266 g/mol. The van der Waals surface area contributed by atoms with Crippen LogP contribution in [0.3, 0.4) is 0 Å². The molecule has 0 N–H and O–H groups in total. The number of hydrogen-bond donors (Lipinski definition) is 0. The van der Waals surface area contributed by atoms with Gasteiger partial charge in [-0.3, -0.25) is 14.0 Å². The van der Waals surface area contributed by atoms with Gasteiger partial charge in [0.05, 0.1) is 12.7 Å². The van der Waals surface area contributed by atoms with Crippen LogP contribution < -0.4 is 5.56 Å². The Morgan fingerprint density at radius 1 is 1.39 bits per heavy atom. The van der Waals surface area contributed by atoms with Crippen molar-refractivity contribution in [1.82, 2.24) is 19.3 Å². The Balaban J connectivity index is 2.36. The number of hydrogen-bond acceptors (Lipinski definition) is 3. The van der Waals surface area contributed by atoms with Crippen LogP contribution in [0.15, 0.2) is 23.3 Å². The fraction of sp³-hybridized carbons (Fsp3) is 0.417. The van der Waals surface area contributed by atoms with Gasteiger partial charge >= 0.3 is 0 Å². The summed E-state index contributed by atoms with van der Waals surface area (Å²) < 4.78 is 3.46. The average Bonchev–Trinajstić information content (AvgIpc) is 2.80. The first kappa shape index (κ1) is 12.8. The predicted molar refractivity (Wildman–Crippen MR) is 69.9 cm³/mol.